The predicted molar refractivity (Wildman–Crippen MR) is 63.0 cm³/mol. The van der Waals surface area contributed by atoms with E-state index in [0.717, 1.165) is 6.20 Å². The second-order valence-corrected chi connectivity index (χ2v) is 3.87. The minimum atomic E-state index is -4.57. The second kappa shape index (κ2) is 6.34. The number of nitrogens with one attached hydrogen (secondary N) is 1. The maximum atomic E-state index is 12.0. The first-order valence-electron chi connectivity index (χ1n) is 4.03. The van der Waals surface area contributed by atoms with Gasteiger partial charge in [0.25, 0.3) is 0 Å². The van der Waals surface area contributed by atoms with Gasteiger partial charge in [-0.25, -0.2) is 0 Å². The molecule has 0 radical (unpaired) electrons. The molecule has 0 aliphatic heterocycles. The van der Waals surface area contributed by atoms with E-state index in [9.17, 15) is 12.3 Å². The molecule has 4 nitrogen and oxygen atoms in total. The van der Waals surface area contributed by atoms with E-state index < -0.39 is 10.2 Å². The Kier molecular flexibility index (Phi) is 5.84. The lowest BCUT2D eigenvalue weighted by atomic mass is 10.3. The lowest BCUT2D eigenvalue weighted by Gasteiger charge is -2.02. The first-order valence-corrected chi connectivity index (χ1v) is 5.48. The summed E-state index contributed by atoms with van der Waals surface area (Å²) in [5.74, 6) is 0.683. The van der Waals surface area contributed by atoms with Crippen molar-refractivity contribution in [2.45, 2.75) is 0 Å². The second-order valence-electron chi connectivity index (χ2n) is 2.65. The van der Waals surface area contributed by atoms with Crippen molar-refractivity contribution in [1.29, 1.82) is 0 Å². The van der Waals surface area contributed by atoms with Crippen LogP contribution in [0.3, 0.4) is 0 Å². The van der Waals surface area contributed by atoms with E-state index in [1.807, 2.05) is 0 Å². The van der Waals surface area contributed by atoms with E-state index >= 15 is 0 Å². The minimum absolute atomic E-state index is 0. The summed E-state index contributed by atoms with van der Waals surface area (Å²) < 4.78 is 37.2. The van der Waals surface area contributed by atoms with E-state index in [0.29, 0.717) is 16.8 Å². The molecule has 0 bridgehead atoms. The SMILES string of the molecule is COc1ccc(NC=CS(=O)(=O)F)cc1.Cl. The molecule has 0 aliphatic carbocycles. The van der Waals surface area contributed by atoms with Gasteiger partial charge in [0, 0.05) is 11.9 Å². The minimum Gasteiger partial charge on any atom is -0.497 e. The van der Waals surface area contributed by atoms with E-state index in [1.165, 1.54) is 7.11 Å². The number of methoxy groups -OCH3 is 1. The highest BCUT2D eigenvalue weighted by atomic mass is 35.5. The number of hydrogen-bond acceptors (Lipinski definition) is 4. The molecule has 16 heavy (non-hydrogen) atoms. The highest BCUT2D eigenvalue weighted by Gasteiger charge is 1.97. The number of halogens is 2. The summed E-state index contributed by atoms with van der Waals surface area (Å²) in [5.41, 5.74) is 0.635. The molecule has 0 saturated heterocycles. The number of ether oxygens (including phenoxy) is 1. The standard InChI is InChI=1S/C9H10FNO3S.ClH/c1-14-9-4-2-8(3-5-9)11-6-7-15(10,12)13;/h2-7,11H,1H3;1H. The molecule has 0 amide bonds. The summed E-state index contributed by atoms with van der Waals surface area (Å²) in [4.78, 5) is 0. The zero-order chi connectivity index (χ0) is 11.3. The van der Waals surface area contributed by atoms with Crippen LogP contribution in [0.1, 0.15) is 0 Å². The van der Waals surface area contributed by atoms with Gasteiger partial charge in [-0.2, -0.15) is 8.42 Å². The first kappa shape index (κ1) is 14.7. The number of anilines is 1. The molecule has 1 aromatic carbocycles. The summed E-state index contributed by atoms with van der Waals surface area (Å²) in [6, 6.07) is 6.74. The average Bonchev–Trinajstić information content (AvgIpc) is 2.17. The maximum Gasteiger partial charge on any atom is 0.326 e. The van der Waals surface area contributed by atoms with E-state index in [1.54, 1.807) is 24.3 Å². The third-order valence-corrected chi connectivity index (χ3v) is 2.03. The summed E-state index contributed by atoms with van der Waals surface area (Å²) in [5, 5.41) is 3.04. The largest absolute Gasteiger partial charge is 0.497 e. The van der Waals surface area contributed by atoms with Crippen LogP contribution in [-0.2, 0) is 10.2 Å². The fraction of sp³-hybridized carbons (Fsp3) is 0.111. The van der Waals surface area contributed by atoms with Crippen molar-refractivity contribution in [3.8, 4) is 5.75 Å². The van der Waals surface area contributed by atoms with Gasteiger partial charge in [-0.3, -0.25) is 0 Å². The Labute approximate surface area is 99.7 Å². The van der Waals surface area contributed by atoms with Crippen molar-refractivity contribution in [3.05, 3.63) is 35.9 Å². The molecule has 0 heterocycles. The van der Waals surface area contributed by atoms with Gasteiger partial charge in [-0.15, -0.1) is 16.3 Å². The van der Waals surface area contributed by atoms with Crippen LogP contribution in [0.4, 0.5) is 9.57 Å². The quantitative estimate of drug-likeness (QED) is 0.851. The number of hydrogen-bond donors (Lipinski definition) is 1. The molecular weight excluding hydrogens is 257 g/mol. The van der Waals surface area contributed by atoms with E-state index in [-0.39, 0.29) is 12.4 Å². The predicted octanol–water partition coefficient (Wildman–Crippen LogP) is 2.30. The van der Waals surface area contributed by atoms with Crippen LogP contribution in [0.2, 0.25) is 0 Å². The van der Waals surface area contributed by atoms with E-state index in [2.05, 4.69) is 5.32 Å². The van der Waals surface area contributed by atoms with Crippen molar-refractivity contribution in [2.75, 3.05) is 12.4 Å². The highest BCUT2D eigenvalue weighted by molar-refractivity contribution is 7.89. The molecular formula is C9H11ClFNO3S. The van der Waals surface area contributed by atoms with Crippen molar-refractivity contribution >= 4 is 28.3 Å². The van der Waals surface area contributed by atoms with Crippen LogP contribution >= 0.6 is 12.4 Å². The summed E-state index contributed by atoms with van der Waals surface area (Å²) >= 11 is 0. The molecule has 1 rings (SSSR count). The molecule has 7 heteroatoms. The molecule has 0 saturated carbocycles. The fourth-order valence-corrected chi connectivity index (χ4v) is 1.13. The molecule has 0 fully saturated rings. The van der Waals surface area contributed by atoms with E-state index in [4.69, 9.17) is 4.74 Å². The maximum absolute atomic E-state index is 12.0. The summed E-state index contributed by atoms with van der Waals surface area (Å²) in [6.45, 7) is 0. The molecule has 0 aromatic heterocycles. The molecule has 0 spiro atoms. The van der Waals surface area contributed by atoms with Crippen LogP contribution in [0, 0.1) is 0 Å². The molecule has 1 aromatic rings. The molecule has 90 valence electrons. The van der Waals surface area contributed by atoms with Gasteiger partial charge < -0.3 is 10.1 Å². The Balaban J connectivity index is 0.00000225. The van der Waals surface area contributed by atoms with Gasteiger partial charge in [0.15, 0.2) is 0 Å². The zero-order valence-electron chi connectivity index (χ0n) is 8.38. The van der Waals surface area contributed by atoms with Crippen molar-refractivity contribution in [2.24, 2.45) is 0 Å². The van der Waals surface area contributed by atoms with Gasteiger partial charge in [0.05, 0.1) is 12.5 Å². The van der Waals surface area contributed by atoms with Gasteiger partial charge in [0.2, 0.25) is 0 Å². The average molecular weight is 268 g/mol. The smallest absolute Gasteiger partial charge is 0.326 e. The van der Waals surface area contributed by atoms with Crippen LogP contribution in [-0.4, -0.2) is 15.5 Å². The topological polar surface area (TPSA) is 55.4 Å². The fourth-order valence-electron chi connectivity index (χ4n) is 0.899. The van der Waals surface area contributed by atoms with Crippen LogP contribution in [0.25, 0.3) is 0 Å². The van der Waals surface area contributed by atoms with Crippen molar-refractivity contribution in [1.82, 2.24) is 0 Å². The summed E-state index contributed by atoms with van der Waals surface area (Å²) in [7, 11) is -3.04. The third-order valence-electron chi connectivity index (χ3n) is 1.57. The van der Waals surface area contributed by atoms with Crippen molar-refractivity contribution in [3.63, 3.8) is 0 Å². The van der Waals surface area contributed by atoms with Crippen LogP contribution in [0.5, 0.6) is 5.75 Å². The monoisotopic (exact) mass is 267 g/mol. The molecule has 0 atom stereocenters. The molecule has 0 aliphatic rings. The van der Waals surface area contributed by atoms with Crippen molar-refractivity contribution < 1.29 is 17.0 Å². The zero-order valence-corrected chi connectivity index (χ0v) is 10.0. The molecule has 1 N–H and O–H groups in total. The third kappa shape index (κ3) is 5.57. The Morgan fingerprint density at radius 2 is 1.88 bits per heavy atom. The van der Waals surface area contributed by atoms with Crippen LogP contribution in [0.15, 0.2) is 35.9 Å². The lowest BCUT2D eigenvalue weighted by molar-refractivity contribution is 0.415. The Morgan fingerprint density at radius 3 is 2.31 bits per heavy atom. The van der Waals surface area contributed by atoms with Gasteiger partial charge >= 0.3 is 10.2 Å². The first-order chi connectivity index (χ1) is 7.01. The Bertz CT molecular complexity index is 444. The van der Waals surface area contributed by atoms with Gasteiger partial charge in [-0.1, -0.05) is 0 Å². The lowest BCUT2D eigenvalue weighted by Crippen LogP contribution is -1.90. The molecule has 0 unspecified atom stereocenters. The highest BCUT2D eigenvalue weighted by Crippen LogP contribution is 2.14. The summed E-state index contributed by atoms with van der Waals surface area (Å²) in [6.07, 6.45) is 1.01. The Hall–Kier alpha value is -1.27. The normalized spacial score (nSPS) is 10.9. The van der Waals surface area contributed by atoms with Gasteiger partial charge in [0.1, 0.15) is 5.75 Å². The number of benzene rings is 1. The number of rotatable bonds is 4. The van der Waals surface area contributed by atoms with Gasteiger partial charge in [-0.05, 0) is 24.3 Å². The Morgan fingerprint density at radius 1 is 1.31 bits per heavy atom. The van der Waals surface area contributed by atoms with Crippen LogP contribution < -0.4 is 10.1 Å².